The average Bonchev–Trinajstić information content (AvgIpc) is 2.43. The van der Waals surface area contributed by atoms with Gasteiger partial charge in [0, 0.05) is 25.3 Å². The first-order chi connectivity index (χ1) is 9.51. The van der Waals surface area contributed by atoms with Crippen LogP contribution in [0.2, 0.25) is 0 Å². The molecule has 0 aliphatic carbocycles. The van der Waals surface area contributed by atoms with Crippen LogP contribution in [-0.4, -0.2) is 33.5 Å². The molecule has 2 heterocycles. The number of amidine groups is 1. The summed E-state index contributed by atoms with van der Waals surface area (Å²) in [5.74, 6) is 1.50. The molecule has 0 spiro atoms. The van der Waals surface area contributed by atoms with Crippen molar-refractivity contribution in [2.24, 2.45) is 22.7 Å². The van der Waals surface area contributed by atoms with Crippen molar-refractivity contribution in [1.82, 2.24) is 9.88 Å². The minimum absolute atomic E-state index is 0.0558. The van der Waals surface area contributed by atoms with E-state index < -0.39 is 0 Å². The lowest BCUT2D eigenvalue weighted by Crippen LogP contribution is -2.45. The molecule has 1 aromatic rings. The number of hydrogen-bond acceptors (Lipinski definition) is 4. The van der Waals surface area contributed by atoms with Crippen molar-refractivity contribution in [3.05, 3.63) is 29.6 Å². The van der Waals surface area contributed by atoms with Crippen molar-refractivity contribution < 1.29 is 5.21 Å². The molecule has 5 heteroatoms. The van der Waals surface area contributed by atoms with Crippen molar-refractivity contribution in [2.75, 3.05) is 6.54 Å². The summed E-state index contributed by atoms with van der Waals surface area (Å²) in [6.07, 6.45) is 3.01. The Morgan fingerprint density at radius 1 is 1.50 bits per heavy atom. The molecule has 1 aromatic heterocycles. The molecule has 0 aromatic carbocycles. The van der Waals surface area contributed by atoms with Crippen molar-refractivity contribution in [3.8, 4) is 0 Å². The van der Waals surface area contributed by atoms with Crippen LogP contribution in [0.25, 0.3) is 0 Å². The van der Waals surface area contributed by atoms with Gasteiger partial charge in [-0.25, -0.2) is 0 Å². The first-order valence-corrected chi connectivity index (χ1v) is 7.18. The van der Waals surface area contributed by atoms with Gasteiger partial charge in [0.25, 0.3) is 0 Å². The highest BCUT2D eigenvalue weighted by molar-refractivity contribution is 5.95. The van der Waals surface area contributed by atoms with Gasteiger partial charge in [-0.1, -0.05) is 19.0 Å². The Morgan fingerprint density at radius 2 is 2.25 bits per heavy atom. The first-order valence-electron chi connectivity index (χ1n) is 7.18. The number of pyridine rings is 1. The van der Waals surface area contributed by atoms with Gasteiger partial charge in [-0.3, -0.25) is 9.88 Å². The van der Waals surface area contributed by atoms with E-state index in [1.165, 1.54) is 6.42 Å². The maximum Gasteiger partial charge on any atom is 0.188 e. The number of piperidine rings is 1. The fourth-order valence-corrected chi connectivity index (χ4v) is 3.04. The van der Waals surface area contributed by atoms with Crippen molar-refractivity contribution in [2.45, 2.75) is 39.8 Å². The van der Waals surface area contributed by atoms with Crippen LogP contribution in [0.4, 0.5) is 0 Å². The summed E-state index contributed by atoms with van der Waals surface area (Å²) in [4.78, 5) is 6.62. The van der Waals surface area contributed by atoms with Gasteiger partial charge >= 0.3 is 0 Å². The van der Waals surface area contributed by atoms with Crippen LogP contribution >= 0.6 is 0 Å². The number of hydrogen-bond donors (Lipinski definition) is 2. The number of oxime groups is 1. The molecule has 1 aliphatic heterocycles. The molecule has 0 radical (unpaired) electrons. The zero-order chi connectivity index (χ0) is 14.7. The third kappa shape index (κ3) is 3.28. The molecule has 110 valence electrons. The maximum absolute atomic E-state index is 8.72. The summed E-state index contributed by atoms with van der Waals surface area (Å²) in [5, 5.41) is 11.7. The normalized spacial score (nSPS) is 28.6. The van der Waals surface area contributed by atoms with E-state index in [1.54, 1.807) is 6.20 Å². The van der Waals surface area contributed by atoms with Crippen molar-refractivity contribution in [3.63, 3.8) is 0 Å². The molecule has 0 amide bonds. The second kappa shape index (κ2) is 6.22. The van der Waals surface area contributed by atoms with Crippen LogP contribution in [0.3, 0.4) is 0 Å². The van der Waals surface area contributed by atoms with Gasteiger partial charge in [0.15, 0.2) is 5.84 Å². The monoisotopic (exact) mass is 276 g/mol. The SMILES string of the molecule is CC1CC(C)C(C)N(Cc2ccnc(/C(N)=N/O)c2)C1. The predicted molar refractivity (Wildman–Crippen MR) is 79.6 cm³/mol. The van der Waals surface area contributed by atoms with Crippen LogP contribution in [0.1, 0.15) is 38.4 Å². The summed E-state index contributed by atoms with van der Waals surface area (Å²) < 4.78 is 0. The summed E-state index contributed by atoms with van der Waals surface area (Å²) in [6, 6.07) is 4.46. The molecule has 3 N–H and O–H groups in total. The lowest BCUT2D eigenvalue weighted by atomic mass is 9.86. The Bertz CT molecular complexity index is 489. The van der Waals surface area contributed by atoms with E-state index in [2.05, 4.69) is 35.8 Å². The van der Waals surface area contributed by atoms with Gasteiger partial charge in [-0.2, -0.15) is 0 Å². The van der Waals surface area contributed by atoms with E-state index in [-0.39, 0.29) is 5.84 Å². The van der Waals surface area contributed by atoms with Crippen LogP contribution in [0, 0.1) is 11.8 Å². The lowest BCUT2D eigenvalue weighted by Gasteiger charge is -2.41. The number of aromatic nitrogens is 1. The molecule has 1 fully saturated rings. The van der Waals surface area contributed by atoms with E-state index in [9.17, 15) is 0 Å². The van der Waals surface area contributed by atoms with E-state index in [4.69, 9.17) is 10.9 Å². The summed E-state index contributed by atoms with van der Waals surface area (Å²) in [7, 11) is 0. The van der Waals surface area contributed by atoms with Crippen LogP contribution < -0.4 is 5.73 Å². The van der Waals surface area contributed by atoms with E-state index in [0.717, 1.165) is 24.6 Å². The lowest BCUT2D eigenvalue weighted by molar-refractivity contribution is 0.0729. The van der Waals surface area contributed by atoms with Crippen LogP contribution in [-0.2, 0) is 6.54 Å². The Hall–Kier alpha value is -1.62. The largest absolute Gasteiger partial charge is 0.409 e. The van der Waals surface area contributed by atoms with Gasteiger partial charge in [-0.05, 0) is 42.9 Å². The van der Waals surface area contributed by atoms with Crippen molar-refractivity contribution in [1.29, 1.82) is 0 Å². The van der Waals surface area contributed by atoms with E-state index >= 15 is 0 Å². The molecule has 0 saturated carbocycles. The first kappa shape index (κ1) is 14.8. The molecule has 3 atom stereocenters. The number of likely N-dealkylation sites (tertiary alicyclic amines) is 1. The fraction of sp³-hybridized carbons (Fsp3) is 0.600. The van der Waals surface area contributed by atoms with Crippen molar-refractivity contribution >= 4 is 5.84 Å². The average molecular weight is 276 g/mol. The van der Waals surface area contributed by atoms with Gasteiger partial charge in [0.1, 0.15) is 5.69 Å². The molecule has 20 heavy (non-hydrogen) atoms. The predicted octanol–water partition coefficient (Wildman–Crippen LogP) is 2.04. The molecule has 0 bridgehead atoms. The number of nitrogens with two attached hydrogens (primary N) is 1. The van der Waals surface area contributed by atoms with Crippen LogP contribution in [0.5, 0.6) is 0 Å². The highest BCUT2D eigenvalue weighted by Gasteiger charge is 2.28. The van der Waals surface area contributed by atoms with Gasteiger partial charge in [0.05, 0.1) is 0 Å². The maximum atomic E-state index is 8.72. The molecular weight excluding hydrogens is 252 g/mol. The highest BCUT2D eigenvalue weighted by Crippen LogP contribution is 2.28. The molecule has 3 unspecified atom stereocenters. The number of rotatable bonds is 3. The molecule has 2 rings (SSSR count). The smallest absolute Gasteiger partial charge is 0.188 e. The molecule has 5 nitrogen and oxygen atoms in total. The van der Waals surface area contributed by atoms with E-state index in [0.29, 0.717) is 17.7 Å². The quantitative estimate of drug-likeness (QED) is 0.383. The van der Waals surface area contributed by atoms with Gasteiger partial charge in [0.2, 0.25) is 0 Å². The third-order valence-electron chi connectivity index (χ3n) is 4.30. The molecule has 1 aliphatic rings. The number of nitrogens with zero attached hydrogens (tertiary/aromatic N) is 3. The molecule has 1 saturated heterocycles. The Morgan fingerprint density at radius 3 is 2.95 bits per heavy atom. The second-order valence-electron chi connectivity index (χ2n) is 6.02. The zero-order valence-electron chi connectivity index (χ0n) is 12.5. The fourth-order valence-electron chi connectivity index (χ4n) is 3.04. The Balaban J connectivity index is 2.13. The Kier molecular flexibility index (Phi) is 4.60. The van der Waals surface area contributed by atoms with Gasteiger partial charge < -0.3 is 10.9 Å². The summed E-state index contributed by atoms with van der Waals surface area (Å²) >= 11 is 0. The minimum atomic E-state index is 0.0558. The topological polar surface area (TPSA) is 74.7 Å². The van der Waals surface area contributed by atoms with E-state index in [1.807, 2.05) is 12.1 Å². The summed E-state index contributed by atoms with van der Waals surface area (Å²) in [6.45, 7) is 8.92. The third-order valence-corrected chi connectivity index (χ3v) is 4.30. The second-order valence-corrected chi connectivity index (χ2v) is 6.02. The highest BCUT2D eigenvalue weighted by atomic mass is 16.4. The van der Waals surface area contributed by atoms with Gasteiger partial charge in [-0.15, -0.1) is 0 Å². The minimum Gasteiger partial charge on any atom is -0.409 e. The van der Waals surface area contributed by atoms with Crippen LogP contribution in [0.15, 0.2) is 23.5 Å². The Labute approximate surface area is 120 Å². The molecular formula is C15H24N4O. The summed E-state index contributed by atoms with van der Waals surface area (Å²) in [5.41, 5.74) is 7.26. The standard InChI is InChI=1S/C15H24N4O/c1-10-6-11(2)12(3)19(8-10)9-13-4-5-17-14(7-13)15(16)18-20/h4-5,7,10-12,20H,6,8-9H2,1-3H3,(H2,16,18). The zero-order valence-corrected chi connectivity index (χ0v) is 12.5.